The molecule has 27 heavy (non-hydrogen) atoms. The van der Waals surface area contributed by atoms with Crippen molar-refractivity contribution in [2.45, 2.75) is 26.8 Å². The van der Waals surface area contributed by atoms with E-state index in [9.17, 15) is 9.59 Å². The minimum absolute atomic E-state index is 0.190. The lowest BCUT2D eigenvalue weighted by atomic mass is 10.0. The van der Waals surface area contributed by atoms with Crippen LogP contribution in [0.3, 0.4) is 0 Å². The fraction of sp³-hybridized carbons (Fsp3) is 0.217. The molecule has 3 rings (SSSR count). The van der Waals surface area contributed by atoms with Gasteiger partial charge in [0.15, 0.2) is 0 Å². The maximum atomic E-state index is 13.2. The molecule has 0 aliphatic carbocycles. The van der Waals surface area contributed by atoms with Gasteiger partial charge in [0.2, 0.25) is 0 Å². The number of hydrogen-bond acceptors (Lipinski definition) is 3. The van der Waals surface area contributed by atoms with Crippen molar-refractivity contribution in [2.75, 3.05) is 7.11 Å². The Balaban J connectivity index is 2.08. The first-order valence-electron chi connectivity index (χ1n) is 8.90. The van der Waals surface area contributed by atoms with Gasteiger partial charge in [0.25, 0.3) is 5.91 Å². The third-order valence-corrected chi connectivity index (χ3v) is 4.89. The highest BCUT2D eigenvalue weighted by Gasteiger charge is 2.39. The maximum absolute atomic E-state index is 13.2. The van der Waals surface area contributed by atoms with Crippen LogP contribution in [0.15, 0.2) is 71.4 Å². The Morgan fingerprint density at radius 1 is 1.04 bits per heavy atom. The van der Waals surface area contributed by atoms with Gasteiger partial charge in [-0.05, 0) is 38.0 Å². The molecule has 2 aromatic rings. The zero-order valence-corrected chi connectivity index (χ0v) is 16.0. The molecule has 1 aliphatic heterocycles. The summed E-state index contributed by atoms with van der Waals surface area (Å²) in [6, 6.07) is 17.4. The first-order chi connectivity index (χ1) is 12.9. The molecule has 0 aromatic heterocycles. The molecular formula is C23H23NO3. The number of rotatable bonds is 4. The highest BCUT2D eigenvalue weighted by Crippen LogP contribution is 2.37. The van der Waals surface area contributed by atoms with Gasteiger partial charge in [-0.2, -0.15) is 0 Å². The zero-order chi connectivity index (χ0) is 19.6. The molecule has 0 bridgehead atoms. The van der Waals surface area contributed by atoms with Gasteiger partial charge < -0.3 is 9.64 Å². The minimum atomic E-state index is -0.498. The van der Waals surface area contributed by atoms with E-state index in [4.69, 9.17) is 4.74 Å². The number of nitrogens with zero attached hydrogens (tertiary/aromatic N) is 1. The molecule has 0 radical (unpaired) electrons. The Bertz CT molecular complexity index is 924. The standard InChI is InChI=1S/C23H23NO3/c1-15-10-12-18(13-11-15)14-20-21(23(26)27-4)17(3)24(22(20)25)16(2)19-8-6-5-7-9-19/h5-14,16H,1-4H3/b20-14-/t16-/m1/s1. The Kier molecular flexibility index (Phi) is 5.26. The molecule has 1 amide bonds. The summed E-state index contributed by atoms with van der Waals surface area (Å²) < 4.78 is 4.96. The van der Waals surface area contributed by atoms with Crippen molar-refractivity contribution >= 4 is 18.0 Å². The summed E-state index contributed by atoms with van der Waals surface area (Å²) >= 11 is 0. The van der Waals surface area contributed by atoms with Gasteiger partial charge >= 0.3 is 5.97 Å². The molecule has 1 aliphatic rings. The van der Waals surface area contributed by atoms with Crippen LogP contribution >= 0.6 is 0 Å². The summed E-state index contributed by atoms with van der Waals surface area (Å²) in [4.78, 5) is 27.3. The molecule has 0 spiro atoms. The lowest BCUT2D eigenvalue weighted by Gasteiger charge is -2.26. The number of benzene rings is 2. The summed E-state index contributed by atoms with van der Waals surface area (Å²) in [5, 5.41) is 0. The van der Waals surface area contributed by atoms with Crippen LogP contribution in [0.25, 0.3) is 6.08 Å². The van der Waals surface area contributed by atoms with Gasteiger partial charge in [-0.15, -0.1) is 0 Å². The summed E-state index contributed by atoms with van der Waals surface area (Å²) in [6.45, 7) is 5.75. The Morgan fingerprint density at radius 2 is 1.67 bits per heavy atom. The van der Waals surface area contributed by atoms with Crippen LogP contribution in [0.4, 0.5) is 0 Å². The van der Waals surface area contributed by atoms with Crippen molar-refractivity contribution in [1.82, 2.24) is 4.90 Å². The fourth-order valence-electron chi connectivity index (χ4n) is 3.37. The van der Waals surface area contributed by atoms with Crippen molar-refractivity contribution in [3.8, 4) is 0 Å². The molecular weight excluding hydrogens is 338 g/mol. The molecule has 1 atom stereocenters. The molecule has 0 N–H and O–H groups in total. The number of ether oxygens (including phenoxy) is 1. The molecule has 0 fully saturated rings. The third kappa shape index (κ3) is 3.56. The lowest BCUT2D eigenvalue weighted by Crippen LogP contribution is -2.28. The number of carbonyl (C=O) groups excluding carboxylic acids is 2. The molecule has 0 saturated carbocycles. The van der Waals surface area contributed by atoms with Gasteiger partial charge in [0, 0.05) is 5.70 Å². The quantitative estimate of drug-likeness (QED) is 0.598. The van der Waals surface area contributed by atoms with Crippen LogP contribution in [0, 0.1) is 6.92 Å². The topological polar surface area (TPSA) is 46.6 Å². The van der Waals surface area contributed by atoms with Gasteiger partial charge in [0.1, 0.15) is 0 Å². The van der Waals surface area contributed by atoms with E-state index in [0.717, 1.165) is 16.7 Å². The fourth-order valence-corrected chi connectivity index (χ4v) is 3.37. The van der Waals surface area contributed by atoms with E-state index in [-0.39, 0.29) is 11.9 Å². The predicted molar refractivity (Wildman–Crippen MR) is 106 cm³/mol. The third-order valence-electron chi connectivity index (χ3n) is 4.89. The summed E-state index contributed by atoms with van der Waals surface area (Å²) in [6.07, 6.45) is 1.76. The lowest BCUT2D eigenvalue weighted by molar-refractivity contribution is -0.136. The number of hydrogen-bond donors (Lipinski definition) is 0. The Morgan fingerprint density at radius 3 is 2.26 bits per heavy atom. The van der Waals surface area contributed by atoms with E-state index in [1.165, 1.54) is 7.11 Å². The van der Waals surface area contributed by atoms with Crippen molar-refractivity contribution in [3.63, 3.8) is 0 Å². The Hall–Kier alpha value is -3.14. The summed E-state index contributed by atoms with van der Waals surface area (Å²) in [5.41, 5.74) is 4.31. The van der Waals surface area contributed by atoms with E-state index in [2.05, 4.69) is 0 Å². The Labute approximate surface area is 159 Å². The first kappa shape index (κ1) is 18.6. The van der Waals surface area contributed by atoms with Gasteiger partial charge in [0.05, 0.1) is 24.3 Å². The van der Waals surface area contributed by atoms with Crippen LogP contribution in [0.1, 0.15) is 36.6 Å². The van der Waals surface area contributed by atoms with Crippen molar-refractivity contribution in [3.05, 3.63) is 88.1 Å². The second-order valence-corrected chi connectivity index (χ2v) is 6.68. The number of esters is 1. The largest absolute Gasteiger partial charge is 0.465 e. The summed E-state index contributed by atoms with van der Waals surface area (Å²) in [7, 11) is 1.33. The average Bonchev–Trinajstić information content (AvgIpc) is 2.93. The van der Waals surface area contributed by atoms with Crippen LogP contribution in [0.2, 0.25) is 0 Å². The van der Waals surface area contributed by atoms with E-state index in [1.54, 1.807) is 17.9 Å². The van der Waals surface area contributed by atoms with Crippen molar-refractivity contribution in [1.29, 1.82) is 0 Å². The predicted octanol–water partition coefficient (Wildman–Crippen LogP) is 4.43. The highest BCUT2D eigenvalue weighted by atomic mass is 16.5. The number of amides is 1. The minimum Gasteiger partial charge on any atom is -0.465 e. The monoisotopic (exact) mass is 361 g/mol. The van der Waals surface area contributed by atoms with Crippen molar-refractivity contribution < 1.29 is 14.3 Å². The molecule has 0 unspecified atom stereocenters. The number of allylic oxidation sites excluding steroid dienone is 1. The SMILES string of the molecule is COC(=O)C1=C(C)N([C@H](C)c2ccccc2)C(=O)/C1=C\c1ccc(C)cc1. The van der Waals surface area contributed by atoms with E-state index < -0.39 is 5.97 Å². The van der Waals surface area contributed by atoms with E-state index in [0.29, 0.717) is 16.8 Å². The number of methoxy groups -OCH3 is 1. The second-order valence-electron chi connectivity index (χ2n) is 6.68. The van der Waals surface area contributed by atoms with Crippen LogP contribution in [-0.4, -0.2) is 23.9 Å². The van der Waals surface area contributed by atoms with Gasteiger partial charge in [-0.25, -0.2) is 4.79 Å². The highest BCUT2D eigenvalue weighted by molar-refractivity contribution is 6.16. The van der Waals surface area contributed by atoms with E-state index in [1.807, 2.05) is 68.4 Å². The molecule has 4 nitrogen and oxygen atoms in total. The van der Waals surface area contributed by atoms with Crippen molar-refractivity contribution in [2.24, 2.45) is 0 Å². The molecule has 138 valence electrons. The van der Waals surface area contributed by atoms with Gasteiger partial charge in [-0.1, -0.05) is 60.2 Å². The first-order valence-corrected chi connectivity index (χ1v) is 8.90. The summed E-state index contributed by atoms with van der Waals surface area (Å²) in [5.74, 6) is -0.688. The average molecular weight is 361 g/mol. The second kappa shape index (κ2) is 7.62. The molecule has 1 heterocycles. The molecule has 4 heteroatoms. The number of carbonyl (C=O) groups is 2. The van der Waals surface area contributed by atoms with Crippen LogP contribution in [-0.2, 0) is 14.3 Å². The smallest absolute Gasteiger partial charge is 0.340 e. The van der Waals surface area contributed by atoms with Crippen LogP contribution < -0.4 is 0 Å². The molecule has 2 aromatic carbocycles. The normalized spacial score (nSPS) is 16.8. The number of aryl methyl sites for hydroxylation is 1. The zero-order valence-electron chi connectivity index (χ0n) is 16.0. The molecule has 0 saturated heterocycles. The maximum Gasteiger partial charge on any atom is 0.340 e. The van der Waals surface area contributed by atoms with Gasteiger partial charge in [-0.3, -0.25) is 4.79 Å². The van der Waals surface area contributed by atoms with Crippen LogP contribution in [0.5, 0.6) is 0 Å². The van der Waals surface area contributed by atoms with E-state index >= 15 is 0 Å².